The minimum Gasteiger partial charge on any atom is -0.493 e. The number of carbonyl (C=O) groups excluding carboxylic acids is 6. The minimum atomic E-state index is -1.10. The number of aromatic nitrogens is 2. The molecular formula is C61H58N6O10. The van der Waals surface area contributed by atoms with Crippen molar-refractivity contribution in [2.24, 2.45) is 11.5 Å². The van der Waals surface area contributed by atoms with Gasteiger partial charge in [-0.25, -0.2) is 9.59 Å². The Balaban J connectivity index is 0.854. The van der Waals surface area contributed by atoms with Crippen molar-refractivity contribution < 1.29 is 47.7 Å². The summed E-state index contributed by atoms with van der Waals surface area (Å²) in [5.74, 6) is -2.98. The highest BCUT2D eigenvalue weighted by molar-refractivity contribution is 6.11. The summed E-state index contributed by atoms with van der Waals surface area (Å²) in [7, 11) is 2.80. The number of allylic oxidation sites excluding steroid dienone is 2. The van der Waals surface area contributed by atoms with Crippen LogP contribution in [0.25, 0.3) is 34.0 Å². The lowest BCUT2D eigenvalue weighted by atomic mass is 10.0. The maximum Gasteiger partial charge on any atom is 0.334 e. The van der Waals surface area contributed by atoms with E-state index in [1.165, 1.54) is 50.7 Å². The van der Waals surface area contributed by atoms with Crippen molar-refractivity contribution in [2.45, 2.75) is 56.3 Å². The Labute approximate surface area is 444 Å². The summed E-state index contributed by atoms with van der Waals surface area (Å²) in [5, 5.41) is 7.49. The summed E-state index contributed by atoms with van der Waals surface area (Å²) in [6, 6.07) is 39.0. The van der Waals surface area contributed by atoms with Gasteiger partial charge in [-0.15, -0.1) is 0 Å². The molecule has 4 atom stereocenters. The van der Waals surface area contributed by atoms with Gasteiger partial charge in [0.2, 0.25) is 11.8 Å². The largest absolute Gasteiger partial charge is 0.493 e. The van der Waals surface area contributed by atoms with Gasteiger partial charge in [0.1, 0.15) is 12.1 Å². The number of amides is 2. The molecule has 8 N–H and O–H groups in total. The topological polar surface area (TPSA) is 247 Å². The van der Waals surface area contributed by atoms with Gasteiger partial charge in [-0.2, -0.15) is 0 Å². The molecule has 2 aromatic heterocycles. The van der Waals surface area contributed by atoms with E-state index in [4.69, 9.17) is 30.4 Å². The summed E-state index contributed by atoms with van der Waals surface area (Å²) >= 11 is 0. The number of carbonyl (C=O) groups is 6. The van der Waals surface area contributed by atoms with Gasteiger partial charge >= 0.3 is 11.9 Å². The molecule has 8 aromatic rings. The predicted molar refractivity (Wildman–Crippen MR) is 294 cm³/mol. The zero-order valence-corrected chi connectivity index (χ0v) is 42.4. The van der Waals surface area contributed by atoms with E-state index in [2.05, 4.69) is 20.6 Å². The molecule has 0 aliphatic carbocycles. The highest BCUT2D eigenvalue weighted by atomic mass is 16.6. The molecule has 0 saturated carbocycles. The fraction of sp³-hybridized carbons (Fsp3) is 0.180. The second-order valence-electron chi connectivity index (χ2n) is 18.3. The van der Waals surface area contributed by atoms with E-state index in [1.807, 2.05) is 122 Å². The van der Waals surface area contributed by atoms with Crippen LogP contribution in [-0.4, -0.2) is 83.7 Å². The first-order chi connectivity index (χ1) is 37.3. The van der Waals surface area contributed by atoms with E-state index in [0.29, 0.717) is 11.1 Å². The molecule has 2 heterocycles. The van der Waals surface area contributed by atoms with E-state index >= 15 is 0 Å². The van der Waals surface area contributed by atoms with Crippen LogP contribution in [0.1, 0.15) is 39.8 Å². The Bertz CT molecular complexity index is 3230. The minimum absolute atomic E-state index is 0.0781. The predicted octanol–water partition coefficient (Wildman–Crippen LogP) is 7.33. The van der Waals surface area contributed by atoms with Crippen LogP contribution in [0, 0.1) is 0 Å². The van der Waals surface area contributed by atoms with Gasteiger partial charge in [-0.1, -0.05) is 121 Å². The second-order valence-corrected chi connectivity index (χ2v) is 18.3. The molecule has 0 bridgehead atoms. The third-order valence-corrected chi connectivity index (χ3v) is 12.7. The van der Waals surface area contributed by atoms with Gasteiger partial charge in [0.25, 0.3) is 0 Å². The number of para-hydroxylation sites is 2. The fourth-order valence-electron chi connectivity index (χ4n) is 8.68. The number of ketones is 2. The first-order valence-electron chi connectivity index (χ1n) is 24.8. The summed E-state index contributed by atoms with van der Waals surface area (Å²) in [6.45, 7) is 0. The highest BCUT2D eigenvalue weighted by Gasteiger charge is 2.29. The van der Waals surface area contributed by atoms with Crippen LogP contribution >= 0.6 is 0 Å². The molecular weight excluding hydrogens is 977 g/mol. The number of H-pyrrole nitrogens is 2. The van der Waals surface area contributed by atoms with Gasteiger partial charge in [-0.05, 0) is 94.8 Å². The van der Waals surface area contributed by atoms with Crippen LogP contribution in [0.3, 0.4) is 0 Å². The van der Waals surface area contributed by atoms with E-state index < -0.39 is 65.9 Å². The number of fused-ring (bicyclic) bond motifs is 2. The number of nitrogens with one attached hydrogen (secondary N) is 4. The zero-order chi connectivity index (χ0) is 54.3. The maximum absolute atomic E-state index is 13.8. The molecule has 0 spiro atoms. The fourth-order valence-corrected chi connectivity index (χ4v) is 8.68. The average molecular weight is 1040 g/mol. The SMILES string of the molecule is COc1cc(/C=C/C(=O)CC(=O)/C=C/c2ccc(OC(=O)[C@H](Cc3ccccc3)NC(=O)[C@@H](N)Cc3c[nH]c4ccccc34)c(OC)c2)ccc1OC(=O)[C@H](Cc1ccccc1)NC(=O)[C@@H](N)Cc1c[nH]c2ccccc12. The average Bonchev–Trinajstić information content (AvgIpc) is 4.06. The molecule has 16 nitrogen and oxygen atoms in total. The van der Waals surface area contributed by atoms with Crippen molar-refractivity contribution in [1.29, 1.82) is 0 Å². The summed E-state index contributed by atoms with van der Waals surface area (Å²) in [5.41, 5.74) is 18.9. The third kappa shape index (κ3) is 14.5. The lowest BCUT2D eigenvalue weighted by Gasteiger charge is -2.21. The molecule has 0 saturated heterocycles. The van der Waals surface area contributed by atoms with Crippen LogP contribution < -0.4 is 41.0 Å². The van der Waals surface area contributed by atoms with Crippen LogP contribution in [0.4, 0.5) is 0 Å². The molecule has 77 heavy (non-hydrogen) atoms. The van der Waals surface area contributed by atoms with E-state index in [1.54, 1.807) is 24.3 Å². The molecule has 6 aromatic carbocycles. The molecule has 0 aliphatic heterocycles. The quantitative estimate of drug-likeness (QED) is 0.0151. The van der Waals surface area contributed by atoms with Crippen molar-refractivity contribution in [1.82, 2.24) is 20.6 Å². The number of ether oxygens (including phenoxy) is 4. The molecule has 0 fully saturated rings. The number of benzene rings is 6. The van der Waals surface area contributed by atoms with Crippen molar-refractivity contribution in [3.63, 3.8) is 0 Å². The smallest absolute Gasteiger partial charge is 0.334 e. The molecule has 2 amide bonds. The summed E-state index contributed by atoms with van der Waals surface area (Å²) in [6.07, 6.45) is 9.45. The van der Waals surface area contributed by atoms with Crippen LogP contribution in [0.5, 0.6) is 23.0 Å². The Morgan fingerprint density at radius 3 is 1.29 bits per heavy atom. The molecule has 0 aliphatic rings. The lowest BCUT2D eigenvalue weighted by Crippen LogP contribution is -2.51. The van der Waals surface area contributed by atoms with Gasteiger partial charge in [0.15, 0.2) is 34.6 Å². The summed E-state index contributed by atoms with van der Waals surface area (Å²) < 4.78 is 22.7. The Morgan fingerprint density at radius 2 is 0.883 bits per heavy atom. The summed E-state index contributed by atoms with van der Waals surface area (Å²) in [4.78, 5) is 86.8. The van der Waals surface area contributed by atoms with E-state index in [0.717, 1.165) is 44.1 Å². The second kappa shape index (κ2) is 25.7. The number of rotatable bonds is 24. The normalized spacial score (nSPS) is 12.9. The molecule has 0 radical (unpaired) electrons. The highest BCUT2D eigenvalue weighted by Crippen LogP contribution is 2.31. The van der Waals surface area contributed by atoms with Crippen molar-refractivity contribution in [2.75, 3.05) is 14.2 Å². The van der Waals surface area contributed by atoms with Crippen molar-refractivity contribution in [3.05, 3.63) is 204 Å². The Morgan fingerprint density at radius 1 is 0.494 bits per heavy atom. The number of aromatic amines is 2. The van der Waals surface area contributed by atoms with Crippen molar-refractivity contribution >= 4 is 69.3 Å². The monoisotopic (exact) mass is 1030 g/mol. The van der Waals surface area contributed by atoms with Crippen LogP contribution in [-0.2, 0) is 54.5 Å². The van der Waals surface area contributed by atoms with Crippen LogP contribution in [0.15, 0.2) is 170 Å². The number of methoxy groups -OCH3 is 2. The van der Waals surface area contributed by atoms with Gasteiger partial charge < -0.3 is 51.0 Å². The number of hydrogen-bond acceptors (Lipinski definition) is 12. The first-order valence-corrected chi connectivity index (χ1v) is 24.8. The number of esters is 2. The maximum atomic E-state index is 13.8. The van der Waals surface area contributed by atoms with Gasteiger partial charge in [-0.3, -0.25) is 19.2 Å². The van der Waals surface area contributed by atoms with Crippen molar-refractivity contribution in [3.8, 4) is 23.0 Å². The molecule has 16 heteroatoms. The third-order valence-electron chi connectivity index (χ3n) is 12.7. The van der Waals surface area contributed by atoms with Crippen LogP contribution in [0.2, 0.25) is 0 Å². The zero-order valence-electron chi connectivity index (χ0n) is 42.4. The van der Waals surface area contributed by atoms with E-state index in [-0.39, 0.29) is 48.7 Å². The standard InChI is InChI=1S/C61H58N6O10/c1-74-56-31-40(23-27-54(56)76-60(72)52(29-38-13-5-3-6-14-38)66-58(70)48(62)33-42-36-64-50-19-11-9-17-46(42)50)21-25-44(68)35-45(69)26-22-41-24-28-55(57(32-41)75-2)77-61(73)53(30-39-15-7-4-8-16-39)67-59(71)49(63)34-43-37-65-51-20-12-10-18-47(43)51/h3-28,31-32,36-37,48-49,52-53,64-65H,29-30,33-35,62-63H2,1-2H3,(H,66,70)(H,67,71)/b25-21+,26-22+/t48-,49-,52-,53-/m0/s1. The molecule has 0 unspecified atom stereocenters. The number of nitrogens with two attached hydrogens (primary N) is 2. The molecule has 392 valence electrons. The molecule has 8 rings (SSSR count). The Kier molecular flexibility index (Phi) is 18.0. The van der Waals surface area contributed by atoms with E-state index in [9.17, 15) is 28.8 Å². The van der Waals surface area contributed by atoms with Gasteiger partial charge in [0, 0.05) is 47.0 Å². The van der Waals surface area contributed by atoms with Gasteiger partial charge in [0.05, 0.1) is 32.7 Å². The first kappa shape index (κ1) is 53.9. The number of hydrogen-bond donors (Lipinski definition) is 6. The Hall–Kier alpha value is -9.38. The lowest BCUT2D eigenvalue weighted by molar-refractivity contribution is -0.139.